The molecule has 4 heteroatoms. The van der Waals surface area contributed by atoms with Gasteiger partial charge in [0.15, 0.2) is 0 Å². The van der Waals surface area contributed by atoms with Gasteiger partial charge in [-0.3, -0.25) is 9.59 Å². The number of para-hydroxylation sites is 2. The summed E-state index contributed by atoms with van der Waals surface area (Å²) in [5, 5.41) is 0. The van der Waals surface area contributed by atoms with Crippen molar-refractivity contribution < 1.29 is 19.1 Å². The highest BCUT2D eigenvalue weighted by Gasteiger charge is 2.40. The largest absolute Gasteiger partial charge is 0.457 e. The topological polar surface area (TPSA) is 52.6 Å². The molecule has 35 heavy (non-hydrogen) atoms. The van der Waals surface area contributed by atoms with Gasteiger partial charge in [0, 0.05) is 0 Å². The monoisotopic (exact) mass is 464 g/mol. The molecule has 0 aliphatic heterocycles. The van der Waals surface area contributed by atoms with Crippen molar-refractivity contribution in [3.63, 3.8) is 0 Å². The number of hydrogen-bond acceptors (Lipinski definition) is 4. The molecule has 0 radical (unpaired) electrons. The van der Waals surface area contributed by atoms with Crippen molar-refractivity contribution in [2.24, 2.45) is 5.41 Å². The number of ether oxygens (including phenoxy) is 2. The molecule has 0 saturated carbocycles. The first-order valence-electron chi connectivity index (χ1n) is 11.6. The van der Waals surface area contributed by atoms with E-state index in [1.807, 2.05) is 109 Å². The second-order valence-corrected chi connectivity index (χ2v) is 8.67. The summed E-state index contributed by atoms with van der Waals surface area (Å²) in [6.45, 7) is 2.99. The summed E-state index contributed by atoms with van der Waals surface area (Å²) in [5.74, 6) is 2.46. The average Bonchev–Trinajstić information content (AvgIpc) is 2.85. The maximum absolute atomic E-state index is 13.0. The molecule has 0 aromatic heterocycles. The smallest absolute Gasteiger partial charge is 0.144 e. The predicted molar refractivity (Wildman–Crippen MR) is 137 cm³/mol. The highest BCUT2D eigenvalue weighted by molar-refractivity contribution is 6.05. The number of ketones is 2. The van der Waals surface area contributed by atoms with E-state index in [0.717, 1.165) is 22.6 Å². The Balaban J connectivity index is 1.59. The normalized spacial score (nSPS) is 11.0. The van der Waals surface area contributed by atoms with Crippen LogP contribution in [0.2, 0.25) is 0 Å². The van der Waals surface area contributed by atoms with E-state index in [0.29, 0.717) is 11.5 Å². The minimum atomic E-state index is -1.18. The van der Waals surface area contributed by atoms with Crippen LogP contribution in [0.5, 0.6) is 23.0 Å². The highest BCUT2D eigenvalue weighted by atomic mass is 16.5. The molecule has 0 saturated heterocycles. The minimum absolute atomic E-state index is 0.159. The maximum atomic E-state index is 13.0. The number of hydrogen-bond donors (Lipinski definition) is 0. The molecular weight excluding hydrogens is 436 g/mol. The minimum Gasteiger partial charge on any atom is -0.457 e. The molecule has 0 atom stereocenters. The third-order valence-electron chi connectivity index (χ3n) is 6.11. The molecule has 0 amide bonds. The van der Waals surface area contributed by atoms with Crippen LogP contribution in [0.3, 0.4) is 0 Å². The van der Waals surface area contributed by atoms with E-state index >= 15 is 0 Å². The first kappa shape index (κ1) is 24.0. The van der Waals surface area contributed by atoms with Crippen molar-refractivity contribution in [1.29, 1.82) is 0 Å². The Hall–Kier alpha value is -4.18. The fourth-order valence-electron chi connectivity index (χ4n) is 4.19. The molecular formula is C31H28O4. The van der Waals surface area contributed by atoms with Crippen molar-refractivity contribution in [2.75, 3.05) is 0 Å². The van der Waals surface area contributed by atoms with Gasteiger partial charge >= 0.3 is 0 Å². The number of carbonyl (C=O) groups excluding carboxylic acids is 2. The van der Waals surface area contributed by atoms with Gasteiger partial charge in [-0.05, 0) is 86.3 Å². The zero-order valence-electron chi connectivity index (χ0n) is 19.9. The van der Waals surface area contributed by atoms with Crippen molar-refractivity contribution >= 4 is 11.6 Å². The summed E-state index contributed by atoms with van der Waals surface area (Å²) in [4.78, 5) is 26.0. The lowest BCUT2D eigenvalue weighted by atomic mass is 9.71. The predicted octanol–water partition coefficient (Wildman–Crippen LogP) is 7.22. The van der Waals surface area contributed by atoms with Crippen LogP contribution in [0.25, 0.3) is 0 Å². The van der Waals surface area contributed by atoms with E-state index in [2.05, 4.69) is 0 Å². The van der Waals surface area contributed by atoms with Gasteiger partial charge in [-0.25, -0.2) is 0 Å². The van der Waals surface area contributed by atoms with Gasteiger partial charge in [0.25, 0.3) is 0 Å². The molecule has 4 nitrogen and oxygen atoms in total. The lowest BCUT2D eigenvalue weighted by Crippen LogP contribution is -2.41. The summed E-state index contributed by atoms with van der Waals surface area (Å²) in [5.41, 5.74) is 0.539. The summed E-state index contributed by atoms with van der Waals surface area (Å²) in [6.07, 6.45) is 0.570. The molecule has 0 fully saturated rings. The maximum Gasteiger partial charge on any atom is 0.144 e. The highest BCUT2D eigenvalue weighted by Crippen LogP contribution is 2.34. The van der Waals surface area contributed by atoms with E-state index in [1.54, 1.807) is 0 Å². The van der Waals surface area contributed by atoms with Gasteiger partial charge in [-0.2, -0.15) is 0 Å². The van der Waals surface area contributed by atoms with E-state index in [9.17, 15) is 9.59 Å². The summed E-state index contributed by atoms with van der Waals surface area (Å²) in [6, 6.07) is 34.1. The SMILES string of the molecule is CC(=O)C(Cc1cccc(Oc2ccccc2)c1)(Cc1cccc(Oc2ccccc2)c1)C(C)=O. The Kier molecular flexibility index (Phi) is 7.41. The molecule has 0 spiro atoms. The Labute approximate surface area is 206 Å². The molecule has 0 heterocycles. The Morgan fingerprint density at radius 2 is 0.914 bits per heavy atom. The quantitative estimate of drug-likeness (QED) is 0.233. The van der Waals surface area contributed by atoms with Crippen LogP contribution in [0, 0.1) is 5.41 Å². The molecule has 176 valence electrons. The van der Waals surface area contributed by atoms with Crippen LogP contribution in [0.1, 0.15) is 25.0 Å². The van der Waals surface area contributed by atoms with E-state index in [-0.39, 0.29) is 24.4 Å². The Morgan fingerprint density at radius 1 is 0.543 bits per heavy atom. The standard InChI is InChI=1S/C31H28O4/c1-23(32)31(24(2)33,21-25-11-9-17-29(19-25)34-27-13-5-3-6-14-27)22-26-12-10-18-30(20-26)35-28-15-7-4-8-16-28/h3-20H,21-22H2,1-2H3. The molecule has 0 bridgehead atoms. The molecule has 0 aliphatic carbocycles. The van der Waals surface area contributed by atoms with Crippen LogP contribution in [-0.4, -0.2) is 11.6 Å². The fourth-order valence-corrected chi connectivity index (χ4v) is 4.19. The van der Waals surface area contributed by atoms with Gasteiger partial charge in [0.2, 0.25) is 0 Å². The summed E-state index contributed by atoms with van der Waals surface area (Å²) < 4.78 is 11.9. The van der Waals surface area contributed by atoms with Crippen LogP contribution in [0.15, 0.2) is 109 Å². The van der Waals surface area contributed by atoms with Crippen LogP contribution >= 0.6 is 0 Å². The van der Waals surface area contributed by atoms with Crippen molar-refractivity contribution in [3.8, 4) is 23.0 Å². The molecule has 0 aliphatic rings. The zero-order chi connectivity index (χ0) is 24.7. The van der Waals surface area contributed by atoms with Crippen LogP contribution < -0.4 is 9.47 Å². The number of carbonyl (C=O) groups is 2. The molecule has 0 unspecified atom stereocenters. The van der Waals surface area contributed by atoms with E-state index in [4.69, 9.17) is 9.47 Å². The first-order chi connectivity index (χ1) is 16.9. The Morgan fingerprint density at radius 3 is 1.29 bits per heavy atom. The lowest BCUT2D eigenvalue weighted by Gasteiger charge is -2.29. The lowest BCUT2D eigenvalue weighted by molar-refractivity contribution is -0.138. The van der Waals surface area contributed by atoms with Gasteiger partial charge in [-0.1, -0.05) is 60.7 Å². The zero-order valence-corrected chi connectivity index (χ0v) is 19.9. The van der Waals surface area contributed by atoms with Gasteiger partial charge in [0.1, 0.15) is 34.6 Å². The van der Waals surface area contributed by atoms with Crippen molar-refractivity contribution in [1.82, 2.24) is 0 Å². The summed E-state index contributed by atoms with van der Waals surface area (Å²) >= 11 is 0. The van der Waals surface area contributed by atoms with Crippen molar-refractivity contribution in [2.45, 2.75) is 26.7 Å². The molecule has 4 aromatic carbocycles. The van der Waals surface area contributed by atoms with Crippen LogP contribution in [0.4, 0.5) is 0 Å². The third kappa shape index (κ3) is 6.04. The van der Waals surface area contributed by atoms with Crippen molar-refractivity contribution in [3.05, 3.63) is 120 Å². The number of benzene rings is 4. The van der Waals surface area contributed by atoms with Crippen LogP contribution in [-0.2, 0) is 22.4 Å². The summed E-state index contributed by atoms with van der Waals surface area (Å²) in [7, 11) is 0. The first-order valence-corrected chi connectivity index (χ1v) is 11.6. The van der Waals surface area contributed by atoms with E-state index < -0.39 is 5.41 Å². The van der Waals surface area contributed by atoms with Gasteiger partial charge in [0.05, 0.1) is 5.41 Å². The average molecular weight is 465 g/mol. The second kappa shape index (κ2) is 10.8. The molecule has 4 rings (SSSR count). The molecule has 4 aromatic rings. The fraction of sp³-hybridized carbons (Fsp3) is 0.161. The number of Topliss-reactive ketones (excluding diaryl/α,β-unsaturated/α-hetero) is 2. The van der Waals surface area contributed by atoms with E-state index in [1.165, 1.54) is 13.8 Å². The van der Waals surface area contributed by atoms with Gasteiger partial charge in [-0.15, -0.1) is 0 Å². The Bertz CT molecular complexity index is 1190. The second-order valence-electron chi connectivity index (χ2n) is 8.67. The third-order valence-corrected chi connectivity index (χ3v) is 6.11. The van der Waals surface area contributed by atoms with Gasteiger partial charge < -0.3 is 9.47 Å². The molecule has 0 N–H and O–H groups in total. The number of rotatable bonds is 10.